The van der Waals surface area contributed by atoms with Gasteiger partial charge in [-0.2, -0.15) is 0 Å². The van der Waals surface area contributed by atoms with E-state index in [4.69, 9.17) is 0 Å². The maximum atomic E-state index is 10.1. The molecule has 4 heteroatoms. The van der Waals surface area contributed by atoms with Crippen LogP contribution in [0.15, 0.2) is 24.3 Å². The topological polar surface area (TPSA) is 43.1 Å². The first-order chi connectivity index (χ1) is 4.70. The number of benzene rings is 1. The second-order valence-electron chi connectivity index (χ2n) is 1.70. The molecule has 0 radical (unpaired) electrons. The first kappa shape index (κ1) is 7.22. The summed E-state index contributed by atoms with van der Waals surface area (Å²) >= 11 is 4.45. The van der Waals surface area contributed by atoms with E-state index in [0.29, 0.717) is 4.53 Å². The molecular formula is C6H4NNiO2. The molecule has 0 spiro atoms. The van der Waals surface area contributed by atoms with Gasteiger partial charge < -0.3 is 0 Å². The van der Waals surface area contributed by atoms with Crippen LogP contribution in [0, 0.1) is 10.1 Å². The summed E-state index contributed by atoms with van der Waals surface area (Å²) in [5.74, 6) is 0. The summed E-state index contributed by atoms with van der Waals surface area (Å²) in [5, 5.41) is 10.1. The molecule has 0 aliphatic carbocycles. The Morgan fingerprint density at radius 1 is 1.30 bits per heavy atom. The fourth-order valence-electron chi connectivity index (χ4n) is 0.553. The minimum atomic E-state index is -0.445. The monoisotopic (exact) mass is 180 g/mol. The van der Waals surface area contributed by atoms with Crippen LogP contribution in [0.1, 0.15) is 0 Å². The van der Waals surface area contributed by atoms with Crippen molar-refractivity contribution in [3.05, 3.63) is 34.4 Å². The van der Waals surface area contributed by atoms with Crippen LogP contribution in [-0.2, 0) is 15.5 Å². The second-order valence-corrected chi connectivity index (χ2v) is 2.27. The molecule has 0 N–H and O–H groups in total. The molecule has 0 atom stereocenters. The fraction of sp³-hybridized carbons (Fsp3) is 0. The van der Waals surface area contributed by atoms with Crippen LogP contribution >= 0.6 is 0 Å². The summed E-state index contributed by atoms with van der Waals surface area (Å²) in [5.41, 5.74) is 0.0841. The normalized spacial score (nSPS) is 9.40. The summed E-state index contributed by atoms with van der Waals surface area (Å²) in [4.78, 5) is 9.64. The Balaban J connectivity index is 3.00. The first-order valence-electron chi connectivity index (χ1n) is 2.57. The first-order valence-corrected chi connectivity index (χ1v) is 3.06. The molecule has 3 nitrogen and oxygen atoms in total. The van der Waals surface area contributed by atoms with Gasteiger partial charge in [0.2, 0.25) is 0 Å². The molecule has 0 aromatic heterocycles. The predicted octanol–water partition coefficient (Wildman–Crippen LogP) is 0.767. The van der Waals surface area contributed by atoms with Crippen molar-refractivity contribution >= 4 is 10.2 Å². The van der Waals surface area contributed by atoms with E-state index < -0.39 is 4.92 Å². The molecule has 1 aromatic carbocycles. The van der Waals surface area contributed by atoms with Gasteiger partial charge in [-0.05, 0) is 0 Å². The van der Waals surface area contributed by atoms with E-state index in [1.807, 2.05) is 0 Å². The molecule has 0 amide bonds. The van der Waals surface area contributed by atoms with Crippen LogP contribution in [0.4, 0.5) is 5.69 Å². The van der Waals surface area contributed by atoms with Gasteiger partial charge in [0.15, 0.2) is 0 Å². The molecular weight excluding hydrogens is 177 g/mol. The van der Waals surface area contributed by atoms with E-state index in [1.54, 1.807) is 12.1 Å². The molecule has 0 unspecified atom stereocenters. The van der Waals surface area contributed by atoms with Gasteiger partial charge in [-0.15, -0.1) is 0 Å². The van der Waals surface area contributed by atoms with E-state index in [9.17, 15) is 10.1 Å². The average Bonchev–Trinajstić information content (AvgIpc) is 1.88. The summed E-state index contributed by atoms with van der Waals surface area (Å²) in [7, 11) is 0. The quantitative estimate of drug-likeness (QED) is 0.364. The Morgan fingerprint density at radius 3 is 2.20 bits per heavy atom. The van der Waals surface area contributed by atoms with Crippen molar-refractivity contribution in [2.24, 2.45) is 0 Å². The Labute approximate surface area is 65.6 Å². The minimum absolute atomic E-state index is 0.0841. The van der Waals surface area contributed by atoms with Crippen LogP contribution < -0.4 is 4.53 Å². The van der Waals surface area contributed by atoms with Crippen molar-refractivity contribution < 1.29 is 20.4 Å². The van der Waals surface area contributed by atoms with Crippen LogP contribution in [-0.4, -0.2) is 4.92 Å². The number of hydrogen-bond acceptors (Lipinski definition) is 2. The van der Waals surface area contributed by atoms with Gasteiger partial charge in [-0.1, -0.05) is 0 Å². The van der Waals surface area contributed by atoms with E-state index in [2.05, 4.69) is 15.5 Å². The number of nitro groups is 1. The second kappa shape index (κ2) is 2.80. The zero-order valence-electron chi connectivity index (χ0n) is 4.89. The van der Waals surface area contributed by atoms with Gasteiger partial charge in [-0.3, -0.25) is 0 Å². The molecule has 0 aliphatic rings. The molecule has 1 aromatic rings. The van der Waals surface area contributed by atoms with E-state index in [1.165, 1.54) is 12.1 Å². The van der Waals surface area contributed by atoms with Gasteiger partial charge in [0.25, 0.3) is 0 Å². The predicted molar refractivity (Wildman–Crippen MR) is 32.7 cm³/mol. The standard InChI is InChI=1S/C6H4NO2.Ni/c8-7(9)6-4-2-1-3-5-6;/h2-5H;. The van der Waals surface area contributed by atoms with Crippen molar-refractivity contribution in [3.63, 3.8) is 0 Å². The van der Waals surface area contributed by atoms with Gasteiger partial charge in [0.05, 0.1) is 0 Å². The third-order valence-electron chi connectivity index (χ3n) is 1.02. The van der Waals surface area contributed by atoms with Crippen molar-refractivity contribution in [2.75, 3.05) is 0 Å². The molecule has 0 bridgehead atoms. The number of nitrogens with zero attached hydrogens (tertiary/aromatic N) is 1. The molecule has 0 heterocycles. The molecule has 0 saturated carbocycles. The Morgan fingerprint density at radius 2 is 1.80 bits per heavy atom. The molecule has 0 fully saturated rings. The van der Waals surface area contributed by atoms with E-state index in [-0.39, 0.29) is 5.69 Å². The number of hydrogen-bond donors (Lipinski definition) is 0. The van der Waals surface area contributed by atoms with Crippen LogP contribution in [0.25, 0.3) is 0 Å². The number of nitro benzene ring substituents is 1. The Bertz CT molecular complexity index is 244. The molecule has 1 rings (SSSR count). The van der Waals surface area contributed by atoms with Crippen molar-refractivity contribution in [2.45, 2.75) is 0 Å². The Hall–Kier alpha value is -0.886. The van der Waals surface area contributed by atoms with Crippen LogP contribution in [0.5, 0.6) is 0 Å². The third kappa shape index (κ3) is 1.55. The van der Waals surface area contributed by atoms with Crippen molar-refractivity contribution in [1.82, 2.24) is 0 Å². The Kier molecular flexibility index (Phi) is 2.02. The van der Waals surface area contributed by atoms with Crippen molar-refractivity contribution in [3.8, 4) is 0 Å². The van der Waals surface area contributed by atoms with Gasteiger partial charge in [0, 0.05) is 0 Å². The summed E-state index contributed by atoms with van der Waals surface area (Å²) in [6.07, 6.45) is 0. The fourth-order valence-corrected chi connectivity index (χ4v) is 0.717. The number of non-ortho nitro benzene ring substituents is 1. The van der Waals surface area contributed by atoms with Gasteiger partial charge >= 0.3 is 65.0 Å². The van der Waals surface area contributed by atoms with E-state index >= 15 is 0 Å². The zero-order chi connectivity index (χ0) is 7.56. The number of rotatable bonds is 1. The molecule has 0 aliphatic heterocycles. The van der Waals surface area contributed by atoms with Crippen LogP contribution in [0.3, 0.4) is 0 Å². The zero-order valence-corrected chi connectivity index (χ0v) is 5.88. The van der Waals surface area contributed by atoms with E-state index in [0.717, 1.165) is 0 Å². The maximum absolute atomic E-state index is 10.1. The molecule has 10 heavy (non-hydrogen) atoms. The summed E-state index contributed by atoms with van der Waals surface area (Å²) in [6, 6.07) is 5.91. The third-order valence-corrected chi connectivity index (χ3v) is 1.35. The summed E-state index contributed by atoms with van der Waals surface area (Å²) in [6.45, 7) is 0. The van der Waals surface area contributed by atoms with Gasteiger partial charge in [-0.25, -0.2) is 0 Å². The SMILES string of the molecule is O=[N+]([O-])c1cc[c]([Ni])cc1. The average molecular weight is 181 g/mol. The molecule has 0 saturated heterocycles. The van der Waals surface area contributed by atoms with Crippen LogP contribution in [0.2, 0.25) is 0 Å². The molecule has 55 valence electrons. The van der Waals surface area contributed by atoms with Gasteiger partial charge in [0.1, 0.15) is 0 Å². The summed E-state index contributed by atoms with van der Waals surface area (Å²) < 4.78 is 0.658. The van der Waals surface area contributed by atoms with Crippen molar-refractivity contribution in [1.29, 1.82) is 0 Å².